The molecule has 8 nitrogen and oxygen atoms in total. The van der Waals surface area contributed by atoms with Crippen molar-refractivity contribution in [3.05, 3.63) is 76.2 Å². The Morgan fingerprint density at radius 1 is 1.16 bits per heavy atom. The number of thiazole rings is 1. The first-order chi connectivity index (χ1) is 14.9. The van der Waals surface area contributed by atoms with Gasteiger partial charge in [-0.15, -0.1) is 21.5 Å². The first kappa shape index (κ1) is 21.4. The Balaban J connectivity index is 1.58. The smallest absolute Gasteiger partial charge is 0.351 e. The van der Waals surface area contributed by atoms with Crippen LogP contribution in [0, 0.1) is 13.0 Å². The number of rotatable bonds is 8. The van der Waals surface area contributed by atoms with E-state index in [9.17, 15) is 8.42 Å². The maximum absolute atomic E-state index is 11.0. The fraction of sp³-hybridized carbons (Fsp3) is 0.150. The molecule has 31 heavy (non-hydrogen) atoms. The minimum atomic E-state index is -4.32. The molecule has 0 aliphatic heterocycles. The van der Waals surface area contributed by atoms with E-state index < -0.39 is 10.3 Å². The van der Waals surface area contributed by atoms with Crippen molar-refractivity contribution in [2.75, 3.05) is 10.0 Å². The highest BCUT2D eigenvalue weighted by Gasteiger charge is 2.19. The molecule has 0 aliphatic carbocycles. The summed E-state index contributed by atoms with van der Waals surface area (Å²) in [6, 6.07) is 17.6. The lowest BCUT2D eigenvalue weighted by molar-refractivity contribution is 0.489. The van der Waals surface area contributed by atoms with Gasteiger partial charge in [-0.3, -0.25) is 9.27 Å². The highest BCUT2D eigenvalue weighted by molar-refractivity contribution is 7.87. The van der Waals surface area contributed by atoms with Crippen molar-refractivity contribution in [3.8, 4) is 10.6 Å². The summed E-state index contributed by atoms with van der Waals surface area (Å²) < 4.78 is 32.9. The van der Waals surface area contributed by atoms with Crippen LogP contribution in [0.25, 0.3) is 10.6 Å². The van der Waals surface area contributed by atoms with Crippen LogP contribution in [0.2, 0.25) is 0 Å². The second-order valence-electron chi connectivity index (χ2n) is 6.65. The summed E-state index contributed by atoms with van der Waals surface area (Å²) in [5, 5.41) is 16.1. The Hall–Kier alpha value is -2.86. The second kappa shape index (κ2) is 9.10. The van der Waals surface area contributed by atoms with Gasteiger partial charge in [-0.2, -0.15) is 8.42 Å². The van der Waals surface area contributed by atoms with Crippen molar-refractivity contribution in [3.63, 3.8) is 0 Å². The van der Waals surface area contributed by atoms with E-state index in [0.29, 0.717) is 11.6 Å². The Morgan fingerprint density at radius 2 is 1.97 bits per heavy atom. The Kier molecular flexibility index (Phi) is 6.28. The van der Waals surface area contributed by atoms with E-state index in [1.807, 2.05) is 47.4 Å². The predicted molar refractivity (Wildman–Crippen MR) is 123 cm³/mol. The monoisotopic (exact) mass is 472 g/mol. The van der Waals surface area contributed by atoms with Crippen LogP contribution in [-0.2, 0) is 16.7 Å². The topological polar surface area (TPSA) is 117 Å². The molecule has 1 unspecified atom stereocenters. The van der Waals surface area contributed by atoms with Crippen molar-refractivity contribution in [1.82, 2.24) is 15.2 Å². The molecule has 2 heterocycles. The number of hydrogen-bond donors (Lipinski definition) is 3. The molecule has 2 aromatic carbocycles. The third kappa shape index (κ3) is 5.85. The van der Waals surface area contributed by atoms with Crippen LogP contribution in [0.4, 0.5) is 10.8 Å². The fourth-order valence-corrected chi connectivity index (χ4v) is 4.86. The summed E-state index contributed by atoms with van der Waals surface area (Å²) in [7, 11) is -4.32. The molecule has 0 saturated carbocycles. The minimum Gasteiger partial charge on any atom is -0.351 e. The Bertz CT molecular complexity index is 1250. The number of aryl methyl sites for hydroxylation is 1. The van der Waals surface area contributed by atoms with Gasteiger partial charge >= 0.3 is 10.3 Å². The molecule has 159 valence electrons. The number of anilines is 2. The Labute approximate surface area is 187 Å². The number of aromatic nitrogens is 3. The van der Waals surface area contributed by atoms with E-state index >= 15 is 0 Å². The predicted octanol–water partition coefficient (Wildman–Crippen LogP) is 4.38. The molecule has 4 aromatic rings. The summed E-state index contributed by atoms with van der Waals surface area (Å²) in [4.78, 5) is 4.82. The zero-order valence-electron chi connectivity index (χ0n) is 16.3. The minimum absolute atomic E-state index is 0.183. The van der Waals surface area contributed by atoms with Gasteiger partial charge in [-0.05, 0) is 37.1 Å². The summed E-state index contributed by atoms with van der Waals surface area (Å²) in [6.07, 6.45) is 0.544. The highest BCUT2D eigenvalue weighted by atomic mass is 32.2. The third-order valence-electron chi connectivity index (χ3n) is 4.27. The standard InChI is InChI=1S/C20H18N5O3S3/c1-13-23-24-20(30-13)22-17(11-14-7-9-16(10-8-14)25-31(26,27)28)18-12-29-19(21-18)15-5-3-2-4-6-15/h2-7,9-10,12,17,25H,11H2,1H3,(H,22,24)(H,26,27,28). The van der Waals surface area contributed by atoms with Gasteiger partial charge in [-0.1, -0.05) is 47.7 Å². The molecule has 2 aromatic heterocycles. The molecule has 4 rings (SSSR count). The van der Waals surface area contributed by atoms with Crippen LogP contribution in [0.15, 0.2) is 53.9 Å². The molecule has 0 fully saturated rings. The molecule has 0 saturated heterocycles. The molecular formula is C20H18N5O3S3. The van der Waals surface area contributed by atoms with Gasteiger partial charge in [0.2, 0.25) is 5.13 Å². The number of nitrogens with one attached hydrogen (secondary N) is 2. The van der Waals surface area contributed by atoms with Crippen LogP contribution < -0.4 is 10.0 Å². The molecule has 0 spiro atoms. The number of nitrogens with zero attached hydrogens (tertiary/aromatic N) is 3. The van der Waals surface area contributed by atoms with Gasteiger partial charge in [0.1, 0.15) is 10.0 Å². The second-order valence-corrected chi connectivity index (χ2v) is 9.84. The van der Waals surface area contributed by atoms with Crippen molar-refractivity contribution in [2.45, 2.75) is 19.4 Å². The van der Waals surface area contributed by atoms with Gasteiger partial charge in [0.25, 0.3) is 0 Å². The summed E-state index contributed by atoms with van der Waals surface area (Å²) in [6.45, 7) is 1.89. The molecule has 0 bridgehead atoms. The van der Waals surface area contributed by atoms with Gasteiger partial charge in [-0.25, -0.2) is 4.98 Å². The van der Waals surface area contributed by atoms with Crippen molar-refractivity contribution >= 4 is 43.8 Å². The van der Waals surface area contributed by atoms with Gasteiger partial charge in [0.15, 0.2) is 0 Å². The van der Waals surface area contributed by atoms with E-state index in [1.165, 1.54) is 17.4 Å². The third-order valence-corrected chi connectivity index (χ3v) is 6.44. The summed E-state index contributed by atoms with van der Waals surface area (Å²) in [5.41, 5.74) is 2.99. The van der Waals surface area contributed by atoms with Crippen molar-refractivity contribution < 1.29 is 13.0 Å². The molecular weight excluding hydrogens is 454 g/mol. The SMILES string of the molecule is Cc1nnc(NC(Cc2[c]cc(NS(=O)(=O)O)cc2)c2csc(-c3ccccc3)n2)s1. The average molecular weight is 473 g/mol. The Morgan fingerprint density at radius 3 is 2.61 bits per heavy atom. The van der Waals surface area contributed by atoms with Crippen LogP contribution in [0.3, 0.4) is 0 Å². The zero-order chi connectivity index (χ0) is 21.8. The van der Waals surface area contributed by atoms with E-state index in [1.54, 1.807) is 23.5 Å². The maximum Gasteiger partial charge on any atom is 0.357 e. The molecule has 3 N–H and O–H groups in total. The summed E-state index contributed by atoms with van der Waals surface area (Å²) in [5.74, 6) is 0. The maximum atomic E-state index is 11.0. The fourth-order valence-electron chi connectivity index (χ4n) is 2.91. The van der Waals surface area contributed by atoms with E-state index in [4.69, 9.17) is 9.54 Å². The van der Waals surface area contributed by atoms with Gasteiger partial charge in [0.05, 0.1) is 17.4 Å². The normalized spacial score (nSPS) is 12.5. The first-order valence-corrected chi connectivity index (χ1v) is 12.3. The van der Waals surface area contributed by atoms with E-state index in [-0.39, 0.29) is 11.7 Å². The zero-order valence-corrected chi connectivity index (χ0v) is 18.8. The largest absolute Gasteiger partial charge is 0.357 e. The van der Waals surface area contributed by atoms with Crippen LogP contribution >= 0.6 is 22.7 Å². The molecule has 1 atom stereocenters. The lowest BCUT2D eigenvalue weighted by atomic mass is 10.0. The van der Waals surface area contributed by atoms with Crippen molar-refractivity contribution in [2.24, 2.45) is 0 Å². The van der Waals surface area contributed by atoms with Crippen LogP contribution in [0.1, 0.15) is 22.3 Å². The summed E-state index contributed by atoms with van der Waals surface area (Å²) >= 11 is 3.03. The van der Waals surface area contributed by atoms with Crippen LogP contribution in [-0.4, -0.2) is 28.2 Å². The molecule has 11 heteroatoms. The number of benzene rings is 2. The molecule has 0 amide bonds. The molecule has 1 radical (unpaired) electrons. The van der Waals surface area contributed by atoms with Gasteiger partial charge < -0.3 is 5.32 Å². The molecule has 0 aliphatic rings. The van der Waals surface area contributed by atoms with Gasteiger partial charge in [0, 0.05) is 10.9 Å². The first-order valence-electron chi connectivity index (χ1n) is 9.19. The van der Waals surface area contributed by atoms with Crippen molar-refractivity contribution in [1.29, 1.82) is 0 Å². The average Bonchev–Trinajstić information content (AvgIpc) is 3.38. The lowest BCUT2D eigenvalue weighted by Crippen LogP contribution is -2.14. The lowest BCUT2D eigenvalue weighted by Gasteiger charge is -2.16. The van der Waals surface area contributed by atoms with E-state index in [0.717, 1.165) is 26.8 Å². The number of hydrogen-bond acceptors (Lipinski definition) is 8. The van der Waals surface area contributed by atoms with E-state index in [2.05, 4.69) is 21.6 Å². The quantitative estimate of drug-likeness (QED) is 0.326. The highest BCUT2D eigenvalue weighted by Crippen LogP contribution is 2.30. The van der Waals surface area contributed by atoms with Crippen LogP contribution in [0.5, 0.6) is 0 Å².